The molecule has 7 heteroatoms. The number of rotatable bonds is 2. The van der Waals surface area contributed by atoms with Gasteiger partial charge in [0, 0.05) is 0 Å². The maximum absolute atomic E-state index is 5.57. The van der Waals surface area contributed by atoms with E-state index in [1.54, 1.807) is 13.8 Å². The normalized spacial score (nSPS) is 14.2. The van der Waals surface area contributed by atoms with Crippen molar-refractivity contribution >= 4 is 64.1 Å². The molecular formula is C4H6Cl5OP. The van der Waals surface area contributed by atoms with Crippen molar-refractivity contribution in [1.29, 1.82) is 0 Å². The molecule has 0 amide bonds. The lowest BCUT2D eigenvalue weighted by atomic mass is 10.2. The van der Waals surface area contributed by atoms with Crippen molar-refractivity contribution in [2.45, 2.75) is 23.2 Å². The monoisotopic (exact) mass is 276 g/mol. The van der Waals surface area contributed by atoms with E-state index in [0.717, 1.165) is 0 Å². The van der Waals surface area contributed by atoms with Crippen LogP contribution < -0.4 is 0 Å². The summed E-state index contributed by atoms with van der Waals surface area (Å²) in [5, 5.41) is 0. The highest BCUT2D eigenvalue weighted by molar-refractivity contribution is 8.00. The molecule has 0 aromatic carbocycles. The highest BCUT2D eigenvalue weighted by Crippen LogP contribution is 2.55. The van der Waals surface area contributed by atoms with E-state index >= 15 is 0 Å². The molecule has 0 atom stereocenters. The Morgan fingerprint density at radius 3 is 1.55 bits per heavy atom. The van der Waals surface area contributed by atoms with Gasteiger partial charge in [0.15, 0.2) is 0 Å². The molecule has 0 fully saturated rings. The molecule has 0 aliphatic rings. The van der Waals surface area contributed by atoms with Crippen LogP contribution in [0.25, 0.3) is 0 Å². The Bertz CT molecular complexity index is 131. The van der Waals surface area contributed by atoms with Crippen molar-refractivity contribution in [2.75, 3.05) is 0 Å². The molecule has 0 saturated carbocycles. The molecule has 0 aliphatic carbocycles. The van der Waals surface area contributed by atoms with Crippen LogP contribution in [0.15, 0.2) is 0 Å². The van der Waals surface area contributed by atoms with Crippen LogP contribution in [-0.4, -0.2) is 9.39 Å². The van der Waals surface area contributed by atoms with Gasteiger partial charge in [-0.2, -0.15) is 0 Å². The van der Waals surface area contributed by atoms with Crippen molar-refractivity contribution in [1.82, 2.24) is 0 Å². The molecule has 0 aromatic rings. The van der Waals surface area contributed by atoms with E-state index in [1.165, 1.54) is 0 Å². The van der Waals surface area contributed by atoms with Crippen LogP contribution in [0.1, 0.15) is 13.8 Å². The van der Waals surface area contributed by atoms with Crippen LogP contribution in [0.5, 0.6) is 0 Å². The van der Waals surface area contributed by atoms with Crippen LogP contribution in [0.2, 0.25) is 0 Å². The lowest BCUT2D eigenvalue weighted by Crippen LogP contribution is -2.37. The summed E-state index contributed by atoms with van der Waals surface area (Å²) in [5.41, 5.74) is -0.979. The maximum Gasteiger partial charge on any atom is 0.226 e. The molecule has 0 spiro atoms. The highest BCUT2D eigenvalue weighted by atomic mass is 35.9. The van der Waals surface area contributed by atoms with E-state index < -0.39 is 16.2 Å². The van der Waals surface area contributed by atoms with Crippen molar-refractivity contribution in [3.05, 3.63) is 0 Å². The SMILES string of the molecule is CC(C)(OP(Cl)Cl)C(Cl)(Cl)Cl. The van der Waals surface area contributed by atoms with Gasteiger partial charge in [0.1, 0.15) is 5.60 Å². The summed E-state index contributed by atoms with van der Waals surface area (Å²) in [4.78, 5) is 0. The molecule has 0 rings (SSSR count). The van der Waals surface area contributed by atoms with Gasteiger partial charge in [-0.3, -0.25) is 0 Å². The highest BCUT2D eigenvalue weighted by Gasteiger charge is 2.43. The zero-order valence-electron chi connectivity index (χ0n) is 5.75. The van der Waals surface area contributed by atoms with Crippen molar-refractivity contribution < 1.29 is 4.52 Å². The average Bonchev–Trinajstić information content (AvgIpc) is 1.56. The van der Waals surface area contributed by atoms with Crippen LogP contribution in [0, 0.1) is 0 Å². The fourth-order valence-electron chi connectivity index (χ4n) is 0.224. The number of alkyl halides is 3. The fourth-order valence-corrected chi connectivity index (χ4v) is 2.02. The van der Waals surface area contributed by atoms with E-state index in [4.69, 9.17) is 61.8 Å². The Kier molecular flexibility index (Phi) is 5.10. The lowest BCUT2D eigenvalue weighted by Gasteiger charge is -2.31. The first-order valence-corrected chi connectivity index (χ1v) is 6.75. The van der Waals surface area contributed by atoms with Gasteiger partial charge in [-0.15, -0.1) is 0 Å². The van der Waals surface area contributed by atoms with Crippen LogP contribution in [-0.2, 0) is 4.52 Å². The van der Waals surface area contributed by atoms with Crippen LogP contribution >= 0.6 is 64.1 Å². The third kappa shape index (κ3) is 4.57. The van der Waals surface area contributed by atoms with Gasteiger partial charge in [-0.05, 0) is 36.3 Å². The Morgan fingerprint density at radius 2 is 1.45 bits per heavy atom. The number of hydrogen-bond acceptors (Lipinski definition) is 1. The van der Waals surface area contributed by atoms with Gasteiger partial charge in [0.25, 0.3) is 0 Å². The maximum atomic E-state index is 5.57. The second-order valence-corrected chi connectivity index (χ2v) is 7.53. The first-order valence-electron chi connectivity index (χ1n) is 2.54. The van der Waals surface area contributed by atoms with E-state index in [-0.39, 0.29) is 0 Å². The summed E-state index contributed by atoms with van der Waals surface area (Å²) in [6.45, 7) is 1.63. The van der Waals surface area contributed by atoms with Crippen LogP contribution in [0.4, 0.5) is 0 Å². The summed E-state index contributed by atoms with van der Waals surface area (Å²) in [6.07, 6.45) is 0. The quantitative estimate of drug-likeness (QED) is 0.518. The average molecular weight is 278 g/mol. The van der Waals surface area contributed by atoms with Gasteiger partial charge < -0.3 is 4.52 Å². The van der Waals surface area contributed by atoms with Crippen molar-refractivity contribution in [3.63, 3.8) is 0 Å². The molecule has 0 N–H and O–H groups in total. The summed E-state index contributed by atoms with van der Waals surface area (Å²) in [7, 11) is 0. The fraction of sp³-hybridized carbons (Fsp3) is 1.00. The smallest absolute Gasteiger partial charge is 0.226 e. The lowest BCUT2D eigenvalue weighted by molar-refractivity contribution is 0.139. The molecule has 0 heterocycles. The van der Waals surface area contributed by atoms with Crippen molar-refractivity contribution in [2.24, 2.45) is 0 Å². The summed E-state index contributed by atoms with van der Waals surface area (Å²) in [5.74, 6) is 0. The molecule has 0 aliphatic heterocycles. The Hall–Kier alpha value is 1.84. The molecule has 1 nitrogen and oxygen atoms in total. The Labute approximate surface area is 91.6 Å². The van der Waals surface area contributed by atoms with Gasteiger partial charge in [0.2, 0.25) is 10.6 Å². The Morgan fingerprint density at radius 1 is 1.09 bits per heavy atom. The van der Waals surface area contributed by atoms with Gasteiger partial charge >= 0.3 is 0 Å². The van der Waals surface area contributed by atoms with Crippen molar-refractivity contribution in [3.8, 4) is 0 Å². The molecule has 0 saturated heterocycles. The van der Waals surface area contributed by atoms with Crippen LogP contribution in [0.3, 0.4) is 0 Å². The second-order valence-electron chi connectivity index (χ2n) is 2.30. The van der Waals surface area contributed by atoms with Gasteiger partial charge in [-0.25, -0.2) is 0 Å². The zero-order valence-corrected chi connectivity index (χ0v) is 10.4. The first-order chi connectivity index (χ1) is 4.67. The second kappa shape index (κ2) is 4.37. The third-order valence-electron chi connectivity index (χ3n) is 0.980. The predicted molar refractivity (Wildman–Crippen MR) is 54.1 cm³/mol. The molecule has 0 radical (unpaired) electrons. The molecule has 68 valence electrons. The minimum atomic E-state index is -1.56. The standard InChI is InChI=1S/C4H6Cl5OP/c1-3(2,4(5,6)7)10-11(8)9/h1-2H3. The topological polar surface area (TPSA) is 9.23 Å². The van der Waals surface area contributed by atoms with E-state index in [1.807, 2.05) is 0 Å². The van der Waals surface area contributed by atoms with E-state index in [0.29, 0.717) is 0 Å². The molecule has 0 unspecified atom stereocenters. The third-order valence-corrected chi connectivity index (χ3v) is 3.35. The minimum absolute atomic E-state index is 0.979. The molecular weight excluding hydrogens is 272 g/mol. The predicted octanol–water partition coefficient (Wildman–Crippen LogP) is 4.86. The Balaban J connectivity index is 4.22. The summed E-state index contributed by atoms with van der Waals surface area (Å²) >= 11 is 27.5. The molecule has 11 heavy (non-hydrogen) atoms. The first kappa shape index (κ1) is 12.8. The summed E-state index contributed by atoms with van der Waals surface area (Å²) in [6, 6.07) is 0. The largest absolute Gasteiger partial charge is 0.321 e. The van der Waals surface area contributed by atoms with Gasteiger partial charge in [-0.1, -0.05) is 34.8 Å². The summed E-state index contributed by atoms with van der Waals surface area (Å²) < 4.78 is 3.47. The van der Waals surface area contributed by atoms with E-state index in [9.17, 15) is 0 Å². The molecule has 0 bridgehead atoms. The molecule has 0 aromatic heterocycles. The van der Waals surface area contributed by atoms with E-state index in [2.05, 4.69) is 0 Å². The number of hydrogen-bond donors (Lipinski definition) is 0. The minimum Gasteiger partial charge on any atom is -0.321 e. The number of halogens is 5. The van der Waals surface area contributed by atoms with Gasteiger partial charge in [0.05, 0.1) is 0 Å². The zero-order chi connectivity index (χ0) is 9.28.